The quantitative estimate of drug-likeness (QED) is 0.817. The number of para-hydroxylation sites is 2. The number of halogens is 2. The van der Waals surface area contributed by atoms with Gasteiger partial charge in [-0.2, -0.15) is 0 Å². The summed E-state index contributed by atoms with van der Waals surface area (Å²) in [5.74, 6) is -0.794. The molecule has 130 valence electrons. The van der Waals surface area contributed by atoms with Crippen LogP contribution in [0.1, 0.15) is 5.56 Å². The zero-order valence-electron chi connectivity index (χ0n) is 12.9. The molecule has 3 rings (SSSR count). The molecule has 0 spiro atoms. The third-order valence-electron chi connectivity index (χ3n) is 3.53. The van der Waals surface area contributed by atoms with Crippen molar-refractivity contribution in [3.05, 3.63) is 58.9 Å². The smallest absolute Gasteiger partial charge is 0.283 e. The van der Waals surface area contributed by atoms with Crippen molar-refractivity contribution >= 4 is 23.4 Å². The van der Waals surface area contributed by atoms with Crippen LogP contribution in [0, 0.1) is 5.82 Å². The lowest BCUT2D eigenvalue weighted by Crippen LogP contribution is -2.51. The molecule has 0 aliphatic carbocycles. The highest BCUT2D eigenvalue weighted by Crippen LogP contribution is 2.30. The number of nitrogens with one attached hydrogen (secondary N) is 2. The number of carbonyl (C=O) groups excluding carboxylic acids is 2. The van der Waals surface area contributed by atoms with E-state index in [-0.39, 0.29) is 23.6 Å². The number of ether oxygens (including phenoxy) is 2. The van der Waals surface area contributed by atoms with Crippen molar-refractivity contribution in [3.8, 4) is 11.5 Å². The van der Waals surface area contributed by atoms with E-state index in [0.717, 1.165) is 0 Å². The Balaban J connectivity index is 1.53. The number of hydrogen-bond acceptors (Lipinski definition) is 4. The number of hydrogen-bond donors (Lipinski definition) is 2. The SMILES string of the molecule is O=C(Cc1c(F)cccc1Cl)NNC(=O)[C@@H]1COc2ccccc2O1. The summed E-state index contributed by atoms with van der Waals surface area (Å²) in [5.41, 5.74) is 4.50. The Kier molecular flexibility index (Phi) is 5.04. The Morgan fingerprint density at radius 1 is 1.12 bits per heavy atom. The fourth-order valence-electron chi connectivity index (χ4n) is 2.27. The van der Waals surface area contributed by atoms with Crippen LogP contribution in [-0.4, -0.2) is 24.5 Å². The van der Waals surface area contributed by atoms with Gasteiger partial charge in [-0.15, -0.1) is 0 Å². The number of fused-ring (bicyclic) bond motifs is 1. The monoisotopic (exact) mass is 364 g/mol. The largest absolute Gasteiger partial charge is 0.485 e. The topological polar surface area (TPSA) is 76.7 Å². The van der Waals surface area contributed by atoms with Crippen LogP contribution in [0.2, 0.25) is 5.02 Å². The molecule has 2 amide bonds. The molecule has 25 heavy (non-hydrogen) atoms. The molecule has 6 nitrogen and oxygen atoms in total. The first-order chi connectivity index (χ1) is 12.0. The van der Waals surface area contributed by atoms with E-state index in [1.54, 1.807) is 24.3 Å². The van der Waals surface area contributed by atoms with Gasteiger partial charge in [0.25, 0.3) is 5.91 Å². The predicted molar refractivity (Wildman–Crippen MR) is 87.8 cm³/mol. The molecule has 1 aliphatic rings. The van der Waals surface area contributed by atoms with E-state index in [1.807, 2.05) is 0 Å². The minimum Gasteiger partial charge on any atom is -0.485 e. The first-order valence-electron chi connectivity index (χ1n) is 7.44. The molecule has 0 unspecified atom stereocenters. The highest BCUT2D eigenvalue weighted by atomic mass is 35.5. The fraction of sp³-hybridized carbons (Fsp3) is 0.176. The number of benzene rings is 2. The van der Waals surface area contributed by atoms with E-state index in [0.29, 0.717) is 11.5 Å². The number of carbonyl (C=O) groups is 2. The van der Waals surface area contributed by atoms with Crippen molar-refractivity contribution in [1.29, 1.82) is 0 Å². The molecule has 1 aliphatic heterocycles. The van der Waals surface area contributed by atoms with Crippen molar-refractivity contribution in [2.24, 2.45) is 0 Å². The Bertz CT molecular complexity index is 795. The lowest BCUT2D eigenvalue weighted by molar-refractivity contribution is -0.134. The van der Waals surface area contributed by atoms with E-state index in [4.69, 9.17) is 21.1 Å². The first kappa shape index (κ1) is 17.0. The van der Waals surface area contributed by atoms with Gasteiger partial charge < -0.3 is 9.47 Å². The van der Waals surface area contributed by atoms with Gasteiger partial charge in [0.2, 0.25) is 12.0 Å². The van der Waals surface area contributed by atoms with Gasteiger partial charge in [0.05, 0.1) is 6.42 Å². The van der Waals surface area contributed by atoms with E-state index in [2.05, 4.69) is 10.9 Å². The molecule has 1 atom stereocenters. The maximum atomic E-state index is 13.7. The summed E-state index contributed by atoms with van der Waals surface area (Å²) in [4.78, 5) is 23.9. The maximum absolute atomic E-state index is 13.7. The fourth-order valence-corrected chi connectivity index (χ4v) is 2.50. The zero-order chi connectivity index (χ0) is 17.8. The molecule has 2 aromatic rings. The molecular weight excluding hydrogens is 351 g/mol. The lowest BCUT2D eigenvalue weighted by atomic mass is 10.1. The second kappa shape index (κ2) is 7.40. The molecule has 0 saturated carbocycles. The zero-order valence-corrected chi connectivity index (χ0v) is 13.7. The number of rotatable bonds is 3. The van der Waals surface area contributed by atoms with Crippen molar-refractivity contribution < 1.29 is 23.5 Å². The highest BCUT2D eigenvalue weighted by molar-refractivity contribution is 6.31. The molecule has 0 bridgehead atoms. The molecule has 8 heteroatoms. The molecule has 0 fully saturated rings. The Morgan fingerprint density at radius 3 is 2.64 bits per heavy atom. The maximum Gasteiger partial charge on any atom is 0.283 e. The third kappa shape index (κ3) is 4.00. The van der Waals surface area contributed by atoms with E-state index >= 15 is 0 Å². The summed E-state index contributed by atoms with van der Waals surface area (Å²) in [6, 6.07) is 11.1. The van der Waals surface area contributed by atoms with E-state index in [9.17, 15) is 14.0 Å². The van der Waals surface area contributed by atoms with Gasteiger partial charge in [0.1, 0.15) is 12.4 Å². The lowest BCUT2D eigenvalue weighted by Gasteiger charge is -2.25. The van der Waals surface area contributed by atoms with Crippen LogP contribution >= 0.6 is 11.6 Å². The molecule has 2 N–H and O–H groups in total. The van der Waals surface area contributed by atoms with Crippen LogP contribution in [0.25, 0.3) is 0 Å². The van der Waals surface area contributed by atoms with Crippen LogP contribution in [0.3, 0.4) is 0 Å². The normalized spacial score (nSPS) is 15.4. The summed E-state index contributed by atoms with van der Waals surface area (Å²) in [6.45, 7) is 0.0118. The van der Waals surface area contributed by atoms with Gasteiger partial charge in [-0.25, -0.2) is 4.39 Å². The van der Waals surface area contributed by atoms with E-state index < -0.39 is 23.7 Å². The van der Waals surface area contributed by atoms with Crippen LogP contribution in [0.15, 0.2) is 42.5 Å². The van der Waals surface area contributed by atoms with Crippen LogP contribution in [-0.2, 0) is 16.0 Å². The summed E-state index contributed by atoms with van der Waals surface area (Å²) in [5, 5.41) is 0.141. The Labute approximate surface area is 147 Å². The second-order valence-electron chi connectivity index (χ2n) is 5.28. The summed E-state index contributed by atoms with van der Waals surface area (Å²) in [7, 11) is 0. The van der Waals surface area contributed by atoms with Gasteiger partial charge in [-0.1, -0.05) is 29.8 Å². The molecule has 0 radical (unpaired) electrons. The van der Waals surface area contributed by atoms with E-state index in [1.165, 1.54) is 18.2 Å². The molecule has 0 aromatic heterocycles. The third-order valence-corrected chi connectivity index (χ3v) is 3.88. The van der Waals surface area contributed by atoms with Gasteiger partial charge in [-0.05, 0) is 24.3 Å². The first-order valence-corrected chi connectivity index (χ1v) is 7.82. The van der Waals surface area contributed by atoms with Crippen molar-refractivity contribution in [3.63, 3.8) is 0 Å². The molecular formula is C17H14ClFN2O4. The Hall–Kier alpha value is -2.80. The molecule has 2 aromatic carbocycles. The van der Waals surface area contributed by atoms with Gasteiger partial charge in [0, 0.05) is 10.6 Å². The van der Waals surface area contributed by atoms with Crippen molar-refractivity contribution in [1.82, 2.24) is 10.9 Å². The molecule has 0 saturated heterocycles. The van der Waals surface area contributed by atoms with Crippen molar-refractivity contribution in [2.45, 2.75) is 12.5 Å². The number of hydrazine groups is 1. The summed E-state index contributed by atoms with van der Waals surface area (Å²) < 4.78 is 24.6. The number of amides is 2. The summed E-state index contributed by atoms with van der Waals surface area (Å²) >= 11 is 5.86. The Morgan fingerprint density at radius 2 is 1.88 bits per heavy atom. The molecule has 1 heterocycles. The minimum absolute atomic E-state index is 0.0118. The van der Waals surface area contributed by atoms with Gasteiger partial charge >= 0.3 is 0 Å². The second-order valence-corrected chi connectivity index (χ2v) is 5.69. The van der Waals surface area contributed by atoms with Gasteiger partial charge in [-0.3, -0.25) is 20.4 Å². The standard InChI is InChI=1S/C17H14ClFN2O4/c18-11-4-3-5-12(19)10(11)8-16(22)20-21-17(23)15-9-24-13-6-1-2-7-14(13)25-15/h1-7,15H,8-9H2,(H,20,22)(H,21,23)/t15-/m0/s1. The van der Waals surface area contributed by atoms with Crippen LogP contribution in [0.5, 0.6) is 11.5 Å². The minimum atomic E-state index is -0.910. The van der Waals surface area contributed by atoms with Gasteiger partial charge in [0.15, 0.2) is 11.5 Å². The highest BCUT2D eigenvalue weighted by Gasteiger charge is 2.27. The van der Waals surface area contributed by atoms with Crippen molar-refractivity contribution in [2.75, 3.05) is 6.61 Å². The summed E-state index contributed by atoms with van der Waals surface area (Å²) in [6.07, 6.45) is -1.22. The van der Waals surface area contributed by atoms with Crippen LogP contribution in [0.4, 0.5) is 4.39 Å². The van der Waals surface area contributed by atoms with Crippen LogP contribution < -0.4 is 20.3 Å². The predicted octanol–water partition coefficient (Wildman–Crippen LogP) is 2.01. The average Bonchev–Trinajstić information content (AvgIpc) is 2.62. The average molecular weight is 365 g/mol.